The maximum absolute atomic E-state index is 13.6. The molecule has 2 aromatic rings. The number of aryl methyl sites for hydroxylation is 1. The van der Waals surface area contributed by atoms with Gasteiger partial charge in [-0.3, -0.25) is 9.52 Å². The van der Waals surface area contributed by atoms with E-state index in [2.05, 4.69) is 53.6 Å². The van der Waals surface area contributed by atoms with Crippen LogP contribution in [0.3, 0.4) is 0 Å². The molecule has 0 saturated heterocycles. The number of anilines is 1. The maximum atomic E-state index is 13.6. The highest BCUT2D eigenvalue weighted by Crippen LogP contribution is 2.47. The number of ether oxygens (including phenoxy) is 3. The number of methoxy groups -OCH3 is 1. The molecule has 0 radical (unpaired) electrons. The van der Waals surface area contributed by atoms with Gasteiger partial charge in [0.15, 0.2) is 0 Å². The maximum Gasteiger partial charge on any atom is 0.262 e. The highest BCUT2D eigenvalue weighted by Gasteiger charge is 2.44. The summed E-state index contributed by atoms with van der Waals surface area (Å²) in [6, 6.07) is 11.9. The Morgan fingerprint density at radius 2 is 2.00 bits per heavy atom. The van der Waals surface area contributed by atoms with E-state index in [1.54, 1.807) is 13.2 Å². The predicted molar refractivity (Wildman–Crippen MR) is 183 cm³/mol. The first-order valence-corrected chi connectivity index (χ1v) is 18.6. The summed E-state index contributed by atoms with van der Waals surface area (Å²) in [7, 11) is -1.17. The second-order valence-electron chi connectivity index (χ2n) is 13.7. The van der Waals surface area contributed by atoms with E-state index < -0.39 is 9.71 Å². The molecule has 2 heterocycles. The van der Waals surface area contributed by atoms with Crippen molar-refractivity contribution >= 4 is 38.8 Å². The standard InChI is InChI=1S/C36H47ClN2O5S/c1-24-7-13-33(43-17-16-42-3)30-11-8-28(30)20-39-22-36(15-5-6-26-18-29(37)10-12-31(26)36)23-44-34-14-9-27(19-32(34)39)35(40)38-45(4,41)21-25(24)2/h7,9-10,12-14,18-19,24-25,28,30,33H,4-6,8,11,15-17,20-23H2,1-3H3,(H,38,40,41)/b13-7+. The van der Waals surface area contributed by atoms with Gasteiger partial charge in [0.05, 0.1) is 31.6 Å². The molecule has 45 heavy (non-hydrogen) atoms. The molecule has 1 amide bonds. The summed E-state index contributed by atoms with van der Waals surface area (Å²) in [5.74, 6) is 5.60. The van der Waals surface area contributed by atoms with Crippen LogP contribution in [-0.2, 0) is 31.0 Å². The molecule has 2 aliphatic heterocycles. The number of hydrogen-bond acceptors (Lipinski definition) is 6. The van der Waals surface area contributed by atoms with Crippen LogP contribution < -0.4 is 14.4 Å². The van der Waals surface area contributed by atoms with Gasteiger partial charge in [-0.15, -0.1) is 0 Å². The van der Waals surface area contributed by atoms with E-state index in [9.17, 15) is 9.00 Å². The SMILES string of the molecule is C=S1(=O)CC(C)C(C)/C=C/C(OCCOC)C2CCC2CN2CC3(CCCc4cc(Cl)ccc43)COc3ccc(cc32)C(=O)N1. The highest BCUT2D eigenvalue weighted by atomic mass is 35.5. The summed E-state index contributed by atoms with van der Waals surface area (Å²) in [5.41, 5.74) is 3.77. The Morgan fingerprint density at radius 3 is 2.78 bits per heavy atom. The number of carbonyl (C=O) groups is 1. The van der Waals surface area contributed by atoms with E-state index in [4.69, 9.17) is 25.8 Å². The first-order valence-electron chi connectivity index (χ1n) is 16.3. The molecular weight excluding hydrogens is 608 g/mol. The van der Waals surface area contributed by atoms with Crippen molar-refractivity contribution < 1.29 is 23.2 Å². The molecule has 2 bridgehead atoms. The summed E-state index contributed by atoms with van der Waals surface area (Å²) in [6.07, 6.45) is 9.66. The zero-order chi connectivity index (χ0) is 31.8. The Hall–Kier alpha value is -2.52. The molecule has 6 rings (SSSR count). The van der Waals surface area contributed by atoms with Gasteiger partial charge in [-0.1, -0.05) is 43.7 Å². The molecule has 2 aliphatic carbocycles. The van der Waals surface area contributed by atoms with E-state index in [1.807, 2.05) is 18.2 Å². The van der Waals surface area contributed by atoms with Gasteiger partial charge in [0.25, 0.3) is 5.91 Å². The predicted octanol–water partition coefficient (Wildman–Crippen LogP) is 6.07. The van der Waals surface area contributed by atoms with Crippen molar-refractivity contribution in [2.45, 2.75) is 57.5 Å². The normalized spacial score (nSPS) is 34.0. The van der Waals surface area contributed by atoms with Gasteiger partial charge in [-0.2, -0.15) is 0 Å². The number of nitrogens with zero attached hydrogens (tertiary/aromatic N) is 1. The minimum Gasteiger partial charge on any atom is -0.490 e. The van der Waals surface area contributed by atoms with Crippen LogP contribution in [0.15, 0.2) is 48.6 Å². The van der Waals surface area contributed by atoms with Crippen molar-refractivity contribution in [2.24, 2.45) is 23.7 Å². The molecule has 1 spiro atoms. The monoisotopic (exact) mass is 654 g/mol. The van der Waals surface area contributed by atoms with Crippen LogP contribution in [0.2, 0.25) is 5.02 Å². The third-order valence-corrected chi connectivity index (χ3v) is 12.4. The van der Waals surface area contributed by atoms with Crippen molar-refractivity contribution in [3.8, 4) is 5.75 Å². The summed E-state index contributed by atoms with van der Waals surface area (Å²) in [5, 5.41) is 0.764. The van der Waals surface area contributed by atoms with Crippen LogP contribution in [0.1, 0.15) is 61.0 Å². The van der Waals surface area contributed by atoms with Gasteiger partial charge in [0.1, 0.15) is 5.75 Å². The summed E-state index contributed by atoms with van der Waals surface area (Å²) < 4.78 is 34.7. The summed E-state index contributed by atoms with van der Waals surface area (Å²) in [4.78, 5) is 16.0. The second-order valence-corrected chi connectivity index (χ2v) is 16.3. The number of amides is 1. The number of benzene rings is 2. The number of fused-ring (bicyclic) bond motifs is 4. The molecule has 2 aromatic carbocycles. The van der Waals surface area contributed by atoms with Crippen LogP contribution in [0.25, 0.3) is 0 Å². The number of nitrogens with one attached hydrogen (secondary N) is 1. The van der Waals surface area contributed by atoms with E-state index in [0.717, 1.165) is 61.7 Å². The number of rotatable bonds is 4. The molecule has 7 nitrogen and oxygen atoms in total. The van der Waals surface area contributed by atoms with Gasteiger partial charge in [-0.25, -0.2) is 4.21 Å². The lowest BCUT2D eigenvalue weighted by atomic mass is 9.68. The van der Waals surface area contributed by atoms with Crippen LogP contribution >= 0.6 is 11.6 Å². The quantitative estimate of drug-likeness (QED) is 0.245. The molecule has 244 valence electrons. The average molecular weight is 655 g/mol. The number of halogens is 1. The first-order chi connectivity index (χ1) is 21.6. The largest absolute Gasteiger partial charge is 0.490 e. The molecule has 4 aliphatic rings. The Kier molecular flexibility index (Phi) is 9.58. The fourth-order valence-corrected chi connectivity index (χ4v) is 9.59. The topological polar surface area (TPSA) is 77.1 Å². The van der Waals surface area contributed by atoms with Crippen LogP contribution in [0, 0.1) is 23.7 Å². The van der Waals surface area contributed by atoms with Gasteiger partial charge in [0, 0.05) is 51.7 Å². The van der Waals surface area contributed by atoms with Gasteiger partial charge in [0.2, 0.25) is 0 Å². The molecule has 9 heteroatoms. The lowest BCUT2D eigenvalue weighted by molar-refractivity contribution is -0.0311. The Labute approximate surface area is 273 Å². The van der Waals surface area contributed by atoms with Crippen molar-refractivity contribution in [2.75, 3.05) is 50.7 Å². The minimum atomic E-state index is -2.87. The van der Waals surface area contributed by atoms with Gasteiger partial charge in [-0.05, 0) is 103 Å². The van der Waals surface area contributed by atoms with Gasteiger partial charge >= 0.3 is 0 Å². The van der Waals surface area contributed by atoms with E-state index in [1.165, 1.54) is 11.1 Å². The Bertz CT molecular complexity index is 1540. The molecule has 7 unspecified atom stereocenters. The fourth-order valence-electron chi connectivity index (χ4n) is 7.70. The molecule has 0 aromatic heterocycles. The molecule has 7 atom stereocenters. The lowest BCUT2D eigenvalue weighted by Crippen LogP contribution is -2.49. The van der Waals surface area contributed by atoms with Gasteiger partial charge < -0.3 is 19.1 Å². The molecule has 1 N–H and O–H groups in total. The zero-order valence-corrected chi connectivity index (χ0v) is 28.3. The van der Waals surface area contributed by atoms with E-state index in [0.29, 0.717) is 37.2 Å². The number of carbonyl (C=O) groups excluding carboxylic acids is 1. The van der Waals surface area contributed by atoms with Crippen LogP contribution in [0.4, 0.5) is 5.69 Å². The third kappa shape index (κ3) is 6.95. The van der Waals surface area contributed by atoms with E-state index >= 15 is 0 Å². The van der Waals surface area contributed by atoms with Crippen molar-refractivity contribution in [1.29, 1.82) is 0 Å². The summed E-state index contributed by atoms with van der Waals surface area (Å²) in [6.45, 7) is 7.42. The number of allylic oxidation sites excluding steroid dienone is 1. The third-order valence-electron chi connectivity index (χ3n) is 10.6. The average Bonchev–Trinajstić information content (AvgIpc) is 3.13. The highest BCUT2D eigenvalue weighted by molar-refractivity contribution is 7.99. The van der Waals surface area contributed by atoms with Crippen molar-refractivity contribution in [3.63, 3.8) is 0 Å². The Morgan fingerprint density at radius 1 is 1.16 bits per heavy atom. The molecular formula is C36H47ClN2O5S. The van der Waals surface area contributed by atoms with Crippen LogP contribution in [-0.4, -0.2) is 67.9 Å². The fraction of sp³-hybridized carbons (Fsp3) is 0.556. The zero-order valence-electron chi connectivity index (χ0n) is 26.8. The lowest BCUT2D eigenvalue weighted by Gasteiger charge is -2.46. The number of hydrogen-bond donors (Lipinski definition) is 1. The molecule has 1 fully saturated rings. The van der Waals surface area contributed by atoms with E-state index in [-0.39, 0.29) is 35.0 Å². The van der Waals surface area contributed by atoms with Crippen LogP contribution in [0.5, 0.6) is 5.75 Å². The minimum absolute atomic E-state index is 0.0363. The summed E-state index contributed by atoms with van der Waals surface area (Å²) >= 11 is 6.44. The van der Waals surface area contributed by atoms with Crippen molar-refractivity contribution in [1.82, 2.24) is 4.72 Å². The first kappa shape index (κ1) is 32.4. The van der Waals surface area contributed by atoms with Crippen molar-refractivity contribution in [3.05, 3.63) is 70.3 Å². The Balaban J connectivity index is 1.41. The molecule has 1 saturated carbocycles. The smallest absolute Gasteiger partial charge is 0.262 e. The second kappa shape index (κ2) is 13.3.